The highest BCUT2D eigenvalue weighted by Gasteiger charge is 2.20. The van der Waals surface area contributed by atoms with E-state index in [0.717, 1.165) is 13.0 Å². The van der Waals surface area contributed by atoms with Gasteiger partial charge in [0.2, 0.25) is 0 Å². The third-order valence-corrected chi connectivity index (χ3v) is 3.85. The van der Waals surface area contributed by atoms with Crippen molar-refractivity contribution in [2.45, 2.75) is 25.3 Å². The fraction of sp³-hybridized carbons (Fsp3) is 1.00. The first-order chi connectivity index (χ1) is 6.56. The average molecular weight is 221 g/mol. The topological polar surface area (TPSA) is 61.4 Å². The molecule has 0 radical (unpaired) electrons. The zero-order chi connectivity index (χ0) is 10.6. The molecule has 14 heavy (non-hydrogen) atoms. The monoisotopic (exact) mass is 221 g/mol. The predicted molar refractivity (Wildman–Crippen MR) is 56.3 cm³/mol. The van der Waals surface area contributed by atoms with Gasteiger partial charge in [0.15, 0.2) is 0 Å². The quantitative estimate of drug-likeness (QED) is 0.571. The van der Waals surface area contributed by atoms with Crippen LogP contribution in [-0.2, 0) is 10.2 Å². The molecule has 0 aliphatic heterocycles. The van der Waals surface area contributed by atoms with Crippen LogP contribution in [0.2, 0.25) is 0 Å². The van der Waals surface area contributed by atoms with Crippen molar-refractivity contribution in [2.24, 2.45) is 0 Å². The van der Waals surface area contributed by atoms with E-state index in [4.69, 9.17) is 0 Å². The Hall–Kier alpha value is -0.170. The van der Waals surface area contributed by atoms with Gasteiger partial charge in [-0.15, -0.1) is 0 Å². The lowest BCUT2D eigenvalue weighted by atomic mass is 10.4. The van der Waals surface area contributed by atoms with Gasteiger partial charge in [0, 0.05) is 26.7 Å². The first-order valence-corrected chi connectivity index (χ1v) is 6.38. The molecule has 2 N–H and O–H groups in total. The van der Waals surface area contributed by atoms with Gasteiger partial charge in [-0.25, -0.2) is 4.72 Å². The van der Waals surface area contributed by atoms with Crippen molar-refractivity contribution in [3.8, 4) is 0 Å². The molecule has 1 aliphatic rings. The van der Waals surface area contributed by atoms with Crippen LogP contribution in [-0.4, -0.2) is 45.9 Å². The summed E-state index contributed by atoms with van der Waals surface area (Å²) in [5.74, 6) is 0. The molecular weight excluding hydrogens is 202 g/mol. The Bertz CT molecular complexity index is 262. The second-order valence-corrected chi connectivity index (χ2v) is 5.59. The largest absolute Gasteiger partial charge is 0.314 e. The maximum Gasteiger partial charge on any atom is 0.278 e. The molecule has 0 aromatic heterocycles. The Labute approximate surface area is 86.0 Å². The summed E-state index contributed by atoms with van der Waals surface area (Å²) in [6, 6.07) is 0.696. The normalized spacial score (nSPS) is 17.6. The van der Waals surface area contributed by atoms with E-state index in [1.54, 1.807) is 7.05 Å². The van der Waals surface area contributed by atoms with E-state index >= 15 is 0 Å². The third kappa shape index (κ3) is 3.91. The fourth-order valence-corrected chi connectivity index (χ4v) is 1.85. The number of hydrogen-bond donors (Lipinski definition) is 2. The predicted octanol–water partition coefficient (Wildman–Crippen LogP) is -0.475. The third-order valence-electron chi connectivity index (χ3n) is 2.33. The van der Waals surface area contributed by atoms with Crippen molar-refractivity contribution in [2.75, 3.05) is 27.2 Å². The van der Waals surface area contributed by atoms with Gasteiger partial charge >= 0.3 is 0 Å². The lowest BCUT2D eigenvalue weighted by Gasteiger charge is -2.15. The summed E-state index contributed by atoms with van der Waals surface area (Å²) in [4.78, 5) is 0. The van der Waals surface area contributed by atoms with E-state index < -0.39 is 10.2 Å². The molecule has 0 heterocycles. The Morgan fingerprint density at radius 1 is 1.43 bits per heavy atom. The minimum absolute atomic E-state index is 0.558. The van der Waals surface area contributed by atoms with Crippen molar-refractivity contribution in [3.63, 3.8) is 0 Å². The van der Waals surface area contributed by atoms with Crippen LogP contribution in [0.4, 0.5) is 0 Å². The molecule has 0 atom stereocenters. The molecule has 5 nitrogen and oxygen atoms in total. The van der Waals surface area contributed by atoms with Crippen LogP contribution >= 0.6 is 0 Å². The second kappa shape index (κ2) is 5.06. The van der Waals surface area contributed by atoms with Crippen LogP contribution in [0.15, 0.2) is 0 Å². The zero-order valence-corrected chi connectivity index (χ0v) is 9.60. The van der Waals surface area contributed by atoms with Crippen molar-refractivity contribution in [1.82, 2.24) is 14.3 Å². The molecule has 0 saturated heterocycles. The highest BCUT2D eigenvalue weighted by Crippen LogP contribution is 2.18. The molecule has 1 aliphatic carbocycles. The van der Waals surface area contributed by atoms with Gasteiger partial charge in [0.05, 0.1) is 0 Å². The van der Waals surface area contributed by atoms with Crippen molar-refractivity contribution < 1.29 is 8.42 Å². The van der Waals surface area contributed by atoms with Gasteiger partial charge in [-0.3, -0.25) is 0 Å². The Kier molecular flexibility index (Phi) is 4.31. The Morgan fingerprint density at radius 3 is 2.57 bits per heavy atom. The second-order valence-electron chi connectivity index (χ2n) is 3.61. The Balaban J connectivity index is 2.10. The van der Waals surface area contributed by atoms with Crippen LogP contribution in [0, 0.1) is 0 Å². The summed E-state index contributed by atoms with van der Waals surface area (Å²) in [7, 11) is -0.217. The molecule has 84 valence electrons. The fourth-order valence-electron chi connectivity index (χ4n) is 1.17. The van der Waals surface area contributed by atoms with Crippen LogP contribution in [0.5, 0.6) is 0 Å². The summed E-state index contributed by atoms with van der Waals surface area (Å²) >= 11 is 0. The SMILES string of the molecule is CNS(=O)(=O)N(C)CCCNC1CC1. The van der Waals surface area contributed by atoms with Gasteiger partial charge < -0.3 is 5.32 Å². The minimum Gasteiger partial charge on any atom is -0.314 e. The lowest BCUT2D eigenvalue weighted by molar-refractivity contribution is 0.448. The van der Waals surface area contributed by atoms with Gasteiger partial charge in [0.25, 0.3) is 10.2 Å². The number of nitrogens with zero attached hydrogens (tertiary/aromatic N) is 1. The van der Waals surface area contributed by atoms with E-state index in [1.807, 2.05) is 0 Å². The van der Waals surface area contributed by atoms with Crippen LogP contribution < -0.4 is 10.0 Å². The number of rotatable bonds is 7. The summed E-state index contributed by atoms with van der Waals surface area (Å²) in [5.41, 5.74) is 0. The highest BCUT2D eigenvalue weighted by molar-refractivity contribution is 7.87. The minimum atomic E-state index is -3.23. The van der Waals surface area contributed by atoms with Gasteiger partial charge in [0.1, 0.15) is 0 Å². The van der Waals surface area contributed by atoms with Crippen LogP contribution in [0.25, 0.3) is 0 Å². The standard InChI is InChI=1S/C8H19N3O2S/c1-9-14(12,13)11(2)7-3-6-10-8-4-5-8/h8-10H,3-7H2,1-2H3. The molecule has 1 fully saturated rings. The summed E-state index contributed by atoms with van der Waals surface area (Å²) in [6.07, 6.45) is 3.39. The first kappa shape index (κ1) is 11.9. The molecule has 0 aromatic carbocycles. The van der Waals surface area contributed by atoms with Gasteiger partial charge in [-0.05, 0) is 25.8 Å². The molecule has 1 saturated carbocycles. The van der Waals surface area contributed by atoms with E-state index in [9.17, 15) is 8.42 Å². The Morgan fingerprint density at radius 2 is 2.07 bits per heavy atom. The lowest BCUT2D eigenvalue weighted by Crippen LogP contribution is -2.37. The molecule has 0 unspecified atom stereocenters. The van der Waals surface area contributed by atoms with E-state index in [2.05, 4.69) is 10.0 Å². The van der Waals surface area contributed by atoms with Gasteiger partial charge in [-0.2, -0.15) is 12.7 Å². The smallest absolute Gasteiger partial charge is 0.278 e. The maximum absolute atomic E-state index is 11.2. The van der Waals surface area contributed by atoms with Crippen LogP contribution in [0.3, 0.4) is 0 Å². The highest BCUT2D eigenvalue weighted by atomic mass is 32.2. The molecule has 6 heteroatoms. The average Bonchev–Trinajstić information content (AvgIpc) is 2.95. The first-order valence-electron chi connectivity index (χ1n) is 4.94. The van der Waals surface area contributed by atoms with Crippen molar-refractivity contribution in [1.29, 1.82) is 0 Å². The zero-order valence-electron chi connectivity index (χ0n) is 8.78. The van der Waals surface area contributed by atoms with E-state index in [0.29, 0.717) is 12.6 Å². The molecule has 1 rings (SSSR count). The maximum atomic E-state index is 11.2. The summed E-state index contributed by atoms with van der Waals surface area (Å²) < 4.78 is 26.1. The molecule has 0 bridgehead atoms. The molecule has 0 spiro atoms. The molecular formula is C8H19N3O2S. The summed E-state index contributed by atoms with van der Waals surface area (Å²) in [6.45, 7) is 1.46. The van der Waals surface area contributed by atoms with Crippen molar-refractivity contribution >= 4 is 10.2 Å². The van der Waals surface area contributed by atoms with Crippen molar-refractivity contribution in [3.05, 3.63) is 0 Å². The summed E-state index contributed by atoms with van der Waals surface area (Å²) in [5, 5.41) is 3.34. The molecule has 0 aromatic rings. The van der Waals surface area contributed by atoms with E-state index in [-0.39, 0.29) is 0 Å². The molecule has 0 amide bonds. The van der Waals surface area contributed by atoms with E-state index in [1.165, 1.54) is 24.2 Å². The van der Waals surface area contributed by atoms with Crippen LogP contribution in [0.1, 0.15) is 19.3 Å². The van der Waals surface area contributed by atoms with Gasteiger partial charge in [-0.1, -0.05) is 0 Å². The number of nitrogens with one attached hydrogen (secondary N) is 2. The number of hydrogen-bond acceptors (Lipinski definition) is 3.